The minimum atomic E-state index is -1.15. The van der Waals surface area contributed by atoms with Crippen molar-refractivity contribution in [1.29, 1.82) is 0 Å². The Morgan fingerprint density at radius 1 is 0.735 bits per heavy atom. The lowest BCUT2D eigenvalue weighted by Crippen LogP contribution is -2.48. The number of carbonyl (C=O) groups excluding carboxylic acids is 5. The van der Waals surface area contributed by atoms with E-state index in [0.717, 1.165) is 11.1 Å². The number of hydrogen-bond acceptors (Lipinski definition) is 6. The number of fused-ring (bicyclic) bond motifs is 4. The molecule has 1 N–H and O–H groups in total. The van der Waals surface area contributed by atoms with E-state index in [-0.39, 0.29) is 41.6 Å². The van der Waals surface area contributed by atoms with Crippen molar-refractivity contribution in [1.82, 2.24) is 0 Å². The van der Waals surface area contributed by atoms with Gasteiger partial charge in [-0.05, 0) is 86.2 Å². The van der Waals surface area contributed by atoms with Crippen molar-refractivity contribution in [2.45, 2.75) is 32.6 Å². The SMILES string of the molecule is Cc1cc(C2C3=CCC4C(=O)N(c5ccc(C(=O)c6ccccc6)cc5)C(=O)C4C3CC3C(=O)N(c4ccccc4)C(=O)C32C)ccc1O. The van der Waals surface area contributed by atoms with E-state index in [0.29, 0.717) is 34.5 Å². The Morgan fingerprint density at radius 2 is 1.37 bits per heavy atom. The summed E-state index contributed by atoms with van der Waals surface area (Å²) < 4.78 is 0. The molecule has 4 aliphatic rings. The smallest absolute Gasteiger partial charge is 0.241 e. The monoisotopic (exact) mass is 650 g/mol. The van der Waals surface area contributed by atoms with Gasteiger partial charge in [0, 0.05) is 17.0 Å². The molecule has 0 radical (unpaired) electrons. The number of para-hydroxylation sites is 1. The van der Waals surface area contributed by atoms with Crippen LogP contribution in [0.4, 0.5) is 11.4 Å². The second kappa shape index (κ2) is 11.2. The molecule has 2 saturated heterocycles. The van der Waals surface area contributed by atoms with Crippen molar-refractivity contribution in [3.8, 4) is 5.75 Å². The molecule has 0 aromatic heterocycles. The highest BCUT2D eigenvalue weighted by Crippen LogP contribution is 2.63. The number of amides is 4. The molecular weight excluding hydrogens is 616 g/mol. The largest absolute Gasteiger partial charge is 0.508 e. The van der Waals surface area contributed by atoms with Crippen LogP contribution in [0.2, 0.25) is 0 Å². The van der Waals surface area contributed by atoms with E-state index in [4.69, 9.17) is 0 Å². The molecule has 2 aliphatic carbocycles. The minimum absolute atomic E-state index is 0.124. The fraction of sp³-hybridized carbons (Fsp3) is 0.244. The fourth-order valence-corrected chi connectivity index (χ4v) is 8.85. The first-order chi connectivity index (χ1) is 23.6. The number of ketones is 1. The van der Waals surface area contributed by atoms with Gasteiger partial charge in [-0.1, -0.05) is 72.3 Å². The van der Waals surface area contributed by atoms with Crippen molar-refractivity contribution in [2.24, 2.45) is 29.1 Å². The topological polar surface area (TPSA) is 112 Å². The Hall–Kier alpha value is -5.63. The molecule has 8 heteroatoms. The van der Waals surface area contributed by atoms with Crippen LogP contribution < -0.4 is 9.80 Å². The first-order valence-electron chi connectivity index (χ1n) is 16.6. The molecule has 1 saturated carbocycles. The molecular formula is C41H34N2O6. The van der Waals surface area contributed by atoms with E-state index in [1.165, 1.54) is 9.80 Å². The summed E-state index contributed by atoms with van der Waals surface area (Å²) in [4.78, 5) is 72.7. The summed E-state index contributed by atoms with van der Waals surface area (Å²) in [6.07, 6.45) is 2.59. The second-order valence-corrected chi connectivity index (χ2v) is 13.8. The lowest BCUT2D eigenvalue weighted by molar-refractivity contribution is -0.131. The van der Waals surface area contributed by atoms with Gasteiger partial charge in [-0.25, -0.2) is 4.90 Å². The molecule has 2 aliphatic heterocycles. The standard InChI is InChI=1S/C41H34N2O6/c1-23-21-26(15-20-33(23)44)35-29-18-19-30-34(31(29)22-32-38(47)43(40(49)41(32,35)2)27-11-7-4-8-12-27)39(48)42(37(30)46)28-16-13-25(14-17-28)36(45)24-9-5-3-6-10-24/h3-18,20-21,30-32,34-35,44H,19,22H2,1-2H3. The average Bonchev–Trinajstić information content (AvgIpc) is 3.49. The Kier molecular flexibility index (Phi) is 7.03. The van der Waals surface area contributed by atoms with Crippen molar-refractivity contribution in [2.75, 3.05) is 9.80 Å². The molecule has 0 spiro atoms. The zero-order valence-corrected chi connectivity index (χ0v) is 27.1. The van der Waals surface area contributed by atoms with Crippen molar-refractivity contribution in [3.05, 3.63) is 137 Å². The minimum Gasteiger partial charge on any atom is -0.508 e. The van der Waals surface area contributed by atoms with Gasteiger partial charge in [-0.3, -0.25) is 28.9 Å². The Bertz CT molecular complexity index is 2090. The van der Waals surface area contributed by atoms with Crippen LogP contribution in [0.25, 0.3) is 0 Å². The van der Waals surface area contributed by atoms with Gasteiger partial charge in [0.15, 0.2) is 5.78 Å². The molecule has 6 unspecified atom stereocenters. The predicted octanol–water partition coefficient (Wildman–Crippen LogP) is 6.37. The van der Waals surface area contributed by atoms with E-state index in [9.17, 15) is 29.1 Å². The van der Waals surface area contributed by atoms with E-state index < -0.39 is 35.0 Å². The molecule has 4 amide bonds. The van der Waals surface area contributed by atoms with Crippen molar-refractivity contribution in [3.63, 3.8) is 0 Å². The van der Waals surface area contributed by atoms with E-state index >= 15 is 0 Å². The maximum Gasteiger partial charge on any atom is 0.241 e. The number of hydrogen-bond donors (Lipinski definition) is 1. The maximum absolute atomic E-state index is 14.5. The van der Waals surface area contributed by atoms with Crippen LogP contribution in [0.5, 0.6) is 5.75 Å². The van der Waals surface area contributed by atoms with Crippen molar-refractivity contribution >= 4 is 40.8 Å². The van der Waals surface area contributed by atoms with Crippen LogP contribution in [0.15, 0.2) is 115 Å². The number of nitrogens with zero attached hydrogens (tertiary/aromatic N) is 2. The van der Waals surface area contributed by atoms with Gasteiger partial charge in [-0.15, -0.1) is 0 Å². The van der Waals surface area contributed by atoms with E-state index in [1.807, 2.05) is 31.2 Å². The first kappa shape index (κ1) is 30.7. The third kappa shape index (κ3) is 4.46. The van der Waals surface area contributed by atoms with Crippen LogP contribution in [-0.4, -0.2) is 34.5 Å². The first-order valence-corrected chi connectivity index (χ1v) is 16.6. The summed E-state index contributed by atoms with van der Waals surface area (Å²) in [7, 11) is 0. The van der Waals surface area contributed by atoms with Gasteiger partial charge < -0.3 is 5.11 Å². The summed E-state index contributed by atoms with van der Waals surface area (Å²) in [5, 5.41) is 10.4. The van der Waals surface area contributed by atoms with Gasteiger partial charge in [0.25, 0.3) is 0 Å². The van der Waals surface area contributed by atoms with E-state index in [2.05, 4.69) is 0 Å². The van der Waals surface area contributed by atoms with E-state index in [1.54, 1.807) is 91.9 Å². The quantitative estimate of drug-likeness (QED) is 0.153. The third-order valence-corrected chi connectivity index (χ3v) is 11.3. The highest BCUT2D eigenvalue weighted by molar-refractivity contribution is 6.25. The molecule has 4 aromatic rings. The number of aryl methyl sites for hydroxylation is 1. The van der Waals surface area contributed by atoms with Gasteiger partial charge >= 0.3 is 0 Å². The van der Waals surface area contributed by atoms with Gasteiger partial charge in [0.1, 0.15) is 5.75 Å². The second-order valence-electron chi connectivity index (χ2n) is 13.8. The highest BCUT2D eigenvalue weighted by atomic mass is 16.3. The number of benzene rings is 4. The number of anilines is 2. The molecule has 8 nitrogen and oxygen atoms in total. The lowest BCUT2D eigenvalue weighted by atomic mass is 9.51. The molecule has 49 heavy (non-hydrogen) atoms. The summed E-state index contributed by atoms with van der Waals surface area (Å²) in [6, 6.07) is 29.6. The van der Waals surface area contributed by atoms with Gasteiger partial charge in [0.2, 0.25) is 23.6 Å². The van der Waals surface area contributed by atoms with Crippen molar-refractivity contribution < 1.29 is 29.1 Å². The molecule has 2 heterocycles. The summed E-state index contributed by atoms with van der Waals surface area (Å²) >= 11 is 0. The summed E-state index contributed by atoms with van der Waals surface area (Å²) in [5.74, 6) is -4.36. The van der Waals surface area contributed by atoms with Crippen LogP contribution in [0.3, 0.4) is 0 Å². The van der Waals surface area contributed by atoms with Crippen LogP contribution in [0, 0.1) is 36.0 Å². The van der Waals surface area contributed by atoms with Gasteiger partial charge in [-0.2, -0.15) is 0 Å². The Balaban J connectivity index is 1.18. The molecule has 0 bridgehead atoms. The molecule has 3 fully saturated rings. The van der Waals surface area contributed by atoms with Crippen LogP contribution >= 0.6 is 0 Å². The predicted molar refractivity (Wildman–Crippen MR) is 183 cm³/mol. The number of phenolic OH excluding ortho intramolecular Hbond substituents is 1. The summed E-state index contributed by atoms with van der Waals surface area (Å²) in [6.45, 7) is 3.64. The molecule has 4 aromatic carbocycles. The normalized spacial score (nSPS) is 27.5. The lowest BCUT2D eigenvalue weighted by Gasteiger charge is -2.49. The Morgan fingerprint density at radius 3 is 2.04 bits per heavy atom. The number of imide groups is 2. The zero-order valence-electron chi connectivity index (χ0n) is 27.1. The molecule has 6 atom stereocenters. The Labute approximate surface area is 283 Å². The highest BCUT2D eigenvalue weighted by Gasteiger charge is 2.67. The molecule has 8 rings (SSSR count). The van der Waals surface area contributed by atoms with Crippen LogP contribution in [0.1, 0.15) is 52.7 Å². The number of carbonyl (C=O) groups is 5. The number of phenols is 1. The van der Waals surface area contributed by atoms with Gasteiger partial charge in [0.05, 0.1) is 34.5 Å². The van der Waals surface area contributed by atoms with Crippen LogP contribution in [-0.2, 0) is 19.2 Å². The maximum atomic E-state index is 14.5. The zero-order chi connectivity index (χ0) is 34.2. The number of aromatic hydroxyl groups is 1. The summed E-state index contributed by atoms with van der Waals surface area (Å²) in [5.41, 5.74) is 3.02. The third-order valence-electron chi connectivity index (χ3n) is 11.3. The average molecular weight is 651 g/mol. The number of rotatable bonds is 5. The fourth-order valence-electron chi connectivity index (χ4n) is 8.85. The number of allylic oxidation sites excluding steroid dienone is 2. The molecule has 244 valence electrons.